The summed E-state index contributed by atoms with van der Waals surface area (Å²) in [4.78, 5) is 5.49. The number of rotatable bonds is 5. The molecule has 0 saturated carbocycles. The van der Waals surface area contributed by atoms with E-state index >= 15 is 0 Å². The molecule has 0 aromatic carbocycles. The number of oxazole rings is 1. The first-order valence-corrected chi connectivity index (χ1v) is 6.77. The first kappa shape index (κ1) is 12.3. The second-order valence-corrected chi connectivity index (χ2v) is 5.33. The van der Waals surface area contributed by atoms with E-state index in [0.29, 0.717) is 6.04 Å². The summed E-state index contributed by atoms with van der Waals surface area (Å²) in [7, 11) is 0. The van der Waals surface area contributed by atoms with Crippen molar-refractivity contribution in [1.29, 1.82) is 0 Å². The molecule has 0 aliphatic carbocycles. The van der Waals surface area contributed by atoms with Crippen molar-refractivity contribution in [3.63, 3.8) is 0 Å². The molecule has 3 nitrogen and oxygen atoms in total. The highest BCUT2D eigenvalue weighted by Gasteiger charge is 2.09. The van der Waals surface area contributed by atoms with E-state index in [1.165, 1.54) is 10.4 Å². The van der Waals surface area contributed by atoms with E-state index in [1.54, 1.807) is 11.3 Å². The molecule has 0 saturated heterocycles. The summed E-state index contributed by atoms with van der Waals surface area (Å²) in [6.45, 7) is 7.27. The maximum absolute atomic E-state index is 5.75. The smallest absolute Gasteiger partial charge is 0.196 e. The minimum absolute atomic E-state index is 0.504. The normalized spacial score (nSPS) is 11.3. The summed E-state index contributed by atoms with van der Waals surface area (Å²) in [6, 6.07) is 2.60. The van der Waals surface area contributed by atoms with Gasteiger partial charge in [-0.15, -0.1) is 11.3 Å². The van der Waals surface area contributed by atoms with Crippen LogP contribution in [0.1, 0.15) is 25.3 Å². The Morgan fingerprint density at radius 3 is 2.94 bits per heavy atom. The van der Waals surface area contributed by atoms with Crippen LogP contribution in [0.15, 0.2) is 22.1 Å². The molecule has 0 fully saturated rings. The monoisotopic (exact) mass is 250 g/mol. The molecule has 0 spiro atoms. The molecule has 2 aromatic rings. The maximum Gasteiger partial charge on any atom is 0.196 e. The van der Waals surface area contributed by atoms with Gasteiger partial charge in [0, 0.05) is 19.0 Å². The molecule has 0 amide bonds. The van der Waals surface area contributed by atoms with Crippen molar-refractivity contribution in [2.24, 2.45) is 0 Å². The third-order valence-electron chi connectivity index (χ3n) is 2.53. The highest BCUT2D eigenvalue weighted by molar-refractivity contribution is 7.13. The van der Waals surface area contributed by atoms with Crippen LogP contribution in [0.4, 0.5) is 0 Å². The van der Waals surface area contributed by atoms with Crippen molar-refractivity contribution >= 4 is 11.3 Å². The summed E-state index contributed by atoms with van der Waals surface area (Å²) in [5.41, 5.74) is 1.25. The second kappa shape index (κ2) is 5.47. The SMILES string of the molecule is Cc1ccsc1-c1cnc(CCNC(C)C)o1. The van der Waals surface area contributed by atoms with Gasteiger partial charge in [0.15, 0.2) is 11.7 Å². The van der Waals surface area contributed by atoms with Crippen LogP contribution in [0.2, 0.25) is 0 Å². The Kier molecular flexibility index (Phi) is 3.97. The van der Waals surface area contributed by atoms with Crippen molar-refractivity contribution < 1.29 is 4.42 Å². The summed E-state index contributed by atoms with van der Waals surface area (Å²) < 4.78 is 5.75. The van der Waals surface area contributed by atoms with Gasteiger partial charge in [0.1, 0.15) is 0 Å². The van der Waals surface area contributed by atoms with E-state index in [2.05, 4.69) is 42.5 Å². The van der Waals surface area contributed by atoms with Crippen molar-refractivity contribution in [3.05, 3.63) is 29.1 Å². The third kappa shape index (κ3) is 3.17. The zero-order chi connectivity index (χ0) is 12.3. The van der Waals surface area contributed by atoms with Crippen LogP contribution in [0.3, 0.4) is 0 Å². The topological polar surface area (TPSA) is 38.1 Å². The number of aromatic nitrogens is 1. The molecule has 17 heavy (non-hydrogen) atoms. The van der Waals surface area contributed by atoms with Gasteiger partial charge in [0.2, 0.25) is 0 Å². The quantitative estimate of drug-likeness (QED) is 0.885. The maximum atomic E-state index is 5.75. The van der Waals surface area contributed by atoms with Gasteiger partial charge in [0.05, 0.1) is 11.1 Å². The van der Waals surface area contributed by atoms with Crippen LogP contribution >= 0.6 is 11.3 Å². The molecule has 0 aliphatic heterocycles. The molecular weight excluding hydrogens is 232 g/mol. The largest absolute Gasteiger partial charge is 0.440 e. The van der Waals surface area contributed by atoms with E-state index in [0.717, 1.165) is 24.6 Å². The molecule has 0 unspecified atom stereocenters. The Morgan fingerprint density at radius 2 is 2.29 bits per heavy atom. The Balaban J connectivity index is 1.99. The lowest BCUT2D eigenvalue weighted by Crippen LogP contribution is -2.24. The van der Waals surface area contributed by atoms with Gasteiger partial charge < -0.3 is 9.73 Å². The molecule has 0 atom stereocenters. The number of hydrogen-bond acceptors (Lipinski definition) is 4. The van der Waals surface area contributed by atoms with Gasteiger partial charge in [-0.05, 0) is 23.9 Å². The first-order valence-electron chi connectivity index (χ1n) is 5.89. The van der Waals surface area contributed by atoms with Crippen molar-refractivity contribution in [2.45, 2.75) is 33.2 Å². The molecule has 4 heteroatoms. The van der Waals surface area contributed by atoms with E-state index in [1.807, 2.05) is 6.20 Å². The molecule has 2 aromatic heterocycles. The molecule has 1 N–H and O–H groups in total. The average molecular weight is 250 g/mol. The third-order valence-corrected chi connectivity index (χ3v) is 3.56. The summed E-state index contributed by atoms with van der Waals surface area (Å²) in [5.74, 6) is 1.69. The molecule has 2 heterocycles. The lowest BCUT2D eigenvalue weighted by atomic mass is 10.2. The van der Waals surface area contributed by atoms with E-state index in [-0.39, 0.29) is 0 Å². The summed E-state index contributed by atoms with van der Waals surface area (Å²) in [6.07, 6.45) is 2.66. The summed E-state index contributed by atoms with van der Waals surface area (Å²) in [5, 5.41) is 5.43. The molecule has 2 rings (SSSR count). The minimum atomic E-state index is 0.504. The van der Waals surface area contributed by atoms with Gasteiger partial charge in [-0.25, -0.2) is 4.98 Å². The van der Waals surface area contributed by atoms with Gasteiger partial charge in [-0.3, -0.25) is 0 Å². The van der Waals surface area contributed by atoms with Gasteiger partial charge in [-0.1, -0.05) is 13.8 Å². The Labute approximate surface area is 106 Å². The van der Waals surface area contributed by atoms with Gasteiger partial charge in [-0.2, -0.15) is 0 Å². The molecule has 92 valence electrons. The average Bonchev–Trinajstić information content (AvgIpc) is 2.86. The fourth-order valence-corrected chi connectivity index (χ4v) is 2.50. The number of nitrogens with zero attached hydrogens (tertiary/aromatic N) is 1. The van der Waals surface area contributed by atoms with Crippen LogP contribution in [-0.4, -0.2) is 17.6 Å². The zero-order valence-corrected chi connectivity index (χ0v) is 11.3. The number of nitrogens with one attached hydrogen (secondary N) is 1. The van der Waals surface area contributed by atoms with Crippen molar-refractivity contribution in [1.82, 2.24) is 10.3 Å². The predicted octanol–water partition coefficient (Wildman–Crippen LogP) is 3.25. The van der Waals surface area contributed by atoms with Crippen LogP contribution in [0.25, 0.3) is 10.6 Å². The second-order valence-electron chi connectivity index (χ2n) is 4.41. The fourth-order valence-electron chi connectivity index (χ4n) is 1.62. The molecule has 0 aliphatic rings. The molecular formula is C13H18N2OS. The number of thiophene rings is 1. The Morgan fingerprint density at radius 1 is 1.47 bits per heavy atom. The highest BCUT2D eigenvalue weighted by atomic mass is 32.1. The van der Waals surface area contributed by atoms with E-state index in [9.17, 15) is 0 Å². The molecule has 0 radical (unpaired) electrons. The Hall–Kier alpha value is -1.13. The minimum Gasteiger partial charge on any atom is -0.440 e. The van der Waals surface area contributed by atoms with E-state index < -0.39 is 0 Å². The predicted molar refractivity (Wildman–Crippen MR) is 71.4 cm³/mol. The van der Waals surface area contributed by atoms with Gasteiger partial charge >= 0.3 is 0 Å². The highest BCUT2D eigenvalue weighted by Crippen LogP contribution is 2.29. The summed E-state index contributed by atoms with van der Waals surface area (Å²) >= 11 is 1.70. The lowest BCUT2D eigenvalue weighted by molar-refractivity contribution is 0.485. The zero-order valence-electron chi connectivity index (χ0n) is 10.5. The standard InChI is InChI=1S/C13H18N2OS/c1-9(2)14-6-4-12-15-8-11(16-12)13-10(3)5-7-17-13/h5,7-9,14H,4,6H2,1-3H3. The van der Waals surface area contributed by atoms with Crippen LogP contribution in [-0.2, 0) is 6.42 Å². The van der Waals surface area contributed by atoms with Crippen LogP contribution < -0.4 is 5.32 Å². The number of hydrogen-bond donors (Lipinski definition) is 1. The number of aryl methyl sites for hydroxylation is 1. The van der Waals surface area contributed by atoms with Crippen LogP contribution in [0.5, 0.6) is 0 Å². The lowest BCUT2D eigenvalue weighted by Gasteiger charge is -2.05. The Bertz CT molecular complexity index is 473. The molecule has 0 bridgehead atoms. The van der Waals surface area contributed by atoms with Crippen LogP contribution in [0, 0.1) is 6.92 Å². The van der Waals surface area contributed by atoms with Crippen molar-refractivity contribution in [3.8, 4) is 10.6 Å². The van der Waals surface area contributed by atoms with Gasteiger partial charge in [0.25, 0.3) is 0 Å². The fraction of sp³-hybridized carbons (Fsp3) is 0.462. The van der Waals surface area contributed by atoms with Crippen molar-refractivity contribution in [2.75, 3.05) is 6.54 Å². The first-order chi connectivity index (χ1) is 8.16. The van der Waals surface area contributed by atoms with E-state index in [4.69, 9.17) is 4.42 Å².